The van der Waals surface area contributed by atoms with Gasteiger partial charge in [-0.25, -0.2) is 13.4 Å². The number of hydrogen-bond acceptors (Lipinski definition) is 4. The van der Waals surface area contributed by atoms with Crippen LogP contribution in [-0.2, 0) is 23.6 Å². The fourth-order valence-corrected chi connectivity index (χ4v) is 2.41. The molecule has 0 amide bonds. The second-order valence-electron chi connectivity index (χ2n) is 3.64. The maximum Gasteiger partial charge on any atom is 0.260 e. The van der Waals surface area contributed by atoms with E-state index < -0.39 is 10.0 Å². The first-order valence-corrected chi connectivity index (χ1v) is 6.38. The molecule has 2 aromatic heterocycles. The number of rotatable bonds is 4. The average Bonchev–Trinajstić information content (AvgIpc) is 2.90. The molecule has 0 radical (unpaired) electrons. The van der Waals surface area contributed by atoms with Crippen LogP contribution in [0.25, 0.3) is 0 Å². The summed E-state index contributed by atoms with van der Waals surface area (Å²) in [6.45, 7) is 0.213. The molecule has 0 atom stereocenters. The van der Waals surface area contributed by atoms with E-state index in [1.165, 1.54) is 23.6 Å². The molecular weight excluding hydrogens is 242 g/mol. The summed E-state index contributed by atoms with van der Waals surface area (Å²) >= 11 is 0. The number of imidazole rings is 1. The van der Waals surface area contributed by atoms with Gasteiger partial charge in [0.15, 0.2) is 5.03 Å². The van der Waals surface area contributed by atoms with Crippen molar-refractivity contribution >= 4 is 10.0 Å². The third kappa shape index (κ3) is 2.22. The van der Waals surface area contributed by atoms with Crippen LogP contribution < -0.4 is 0 Å². The van der Waals surface area contributed by atoms with E-state index in [0.29, 0.717) is 5.82 Å². The normalized spacial score (nSPS) is 12.2. The highest BCUT2D eigenvalue weighted by atomic mass is 32.2. The lowest BCUT2D eigenvalue weighted by Crippen LogP contribution is -2.28. The minimum Gasteiger partial charge on any atom is -0.337 e. The van der Waals surface area contributed by atoms with Gasteiger partial charge in [0.2, 0.25) is 0 Å². The summed E-state index contributed by atoms with van der Waals surface area (Å²) in [5.41, 5.74) is 0. The average molecular weight is 255 g/mol. The number of sulfonamides is 1. The molecule has 0 spiro atoms. The van der Waals surface area contributed by atoms with E-state index in [-0.39, 0.29) is 11.6 Å². The summed E-state index contributed by atoms with van der Waals surface area (Å²) in [4.78, 5) is 4.08. The van der Waals surface area contributed by atoms with Gasteiger partial charge in [0.1, 0.15) is 5.82 Å². The lowest BCUT2D eigenvalue weighted by molar-refractivity contribution is 0.448. The van der Waals surface area contributed by atoms with Crippen LogP contribution >= 0.6 is 0 Å². The van der Waals surface area contributed by atoms with Gasteiger partial charge in [-0.05, 0) is 6.07 Å². The SMILES string of the molecule is CN(Cc1nccn1C)S(=O)(=O)c1ccn[nH]1. The second kappa shape index (κ2) is 4.30. The number of nitrogens with zero attached hydrogens (tertiary/aromatic N) is 4. The number of aryl methyl sites for hydroxylation is 1. The Kier molecular flexibility index (Phi) is 2.99. The zero-order valence-electron chi connectivity index (χ0n) is 9.53. The molecule has 8 heteroatoms. The molecule has 0 aliphatic carbocycles. The smallest absolute Gasteiger partial charge is 0.260 e. The summed E-state index contributed by atoms with van der Waals surface area (Å²) in [6.07, 6.45) is 4.81. The minimum absolute atomic E-state index is 0.0780. The Balaban J connectivity index is 2.22. The molecule has 0 saturated carbocycles. The standard InChI is InChI=1S/C9H13N5O2S/c1-13-6-5-10-8(13)7-14(2)17(15,16)9-3-4-11-12-9/h3-6H,7H2,1-2H3,(H,11,12). The Morgan fingerprint density at radius 3 is 2.76 bits per heavy atom. The van der Waals surface area contributed by atoms with Crippen molar-refractivity contribution in [2.45, 2.75) is 11.6 Å². The van der Waals surface area contributed by atoms with Crippen LogP contribution in [0, 0.1) is 0 Å². The number of aromatic amines is 1. The summed E-state index contributed by atoms with van der Waals surface area (Å²) in [7, 11) is -0.203. The number of aromatic nitrogens is 4. The number of nitrogens with one attached hydrogen (secondary N) is 1. The maximum atomic E-state index is 12.0. The predicted molar refractivity (Wildman–Crippen MR) is 60.4 cm³/mol. The van der Waals surface area contributed by atoms with Gasteiger partial charge in [0.05, 0.1) is 12.7 Å². The highest BCUT2D eigenvalue weighted by Gasteiger charge is 2.23. The quantitative estimate of drug-likeness (QED) is 0.831. The minimum atomic E-state index is -3.53. The van der Waals surface area contributed by atoms with Crippen LogP contribution in [0.15, 0.2) is 29.7 Å². The zero-order chi connectivity index (χ0) is 12.5. The van der Waals surface area contributed by atoms with Crippen molar-refractivity contribution < 1.29 is 8.42 Å². The molecule has 92 valence electrons. The Labute approximate surface area is 99.1 Å². The molecular formula is C9H13N5O2S. The molecule has 0 aliphatic rings. The van der Waals surface area contributed by atoms with Gasteiger partial charge in [-0.2, -0.15) is 9.40 Å². The van der Waals surface area contributed by atoms with Gasteiger partial charge >= 0.3 is 0 Å². The van der Waals surface area contributed by atoms with E-state index in [2.05, 4.69) is 15.2 Å². The Bertz CT molecular complexity index is 587. The molecule has 0 bridgehead atoms. The largest absolute Gasteiger partial charge is 0.337 e. The molecule has 0 aliphatic heterocycles. The Hall–Kier alpha value is -1.67. The first-order chi connectivity index (χ1) is 8.01. The van der Waals surface area contributed by atoms with Gasteiger partial charge < -0.3 is 4.57 Å². The van der Waals surface area contributed by atoms with E-state index in [4.69, 9.17) is 0 Å². The molecule has 2 heterocycles. The van der Waals surface area contributed by atoms with Crippen molar-refractivity contribution in [2.24, 2.45) is 7.05 Å². The van der Waals surface area contributed by atoms with Crippen LogP contribution in [0.1, 0.15) is 5.82 Å². The third-order valence-corrected chi connectivity index (χ3v) is 4.18. The molecule has 2 rings (SSSR count). The van der Waals surface area contributed by atoms with E-state index in [1.54, 1.807) is 17.0 Å². The van der Waals surface area contributed by atoms with Gasteiger partial charge in [-0.1, -0.05) is 0 Å². The van der Waals surface area contributed by atoms with Crippen molar-refractivity contribution in [1.29, 1.82) is 0 Å². The fraction of sp³-hybridized carbons (Fsp3) is 0.333. The summed E-state index contributed by atoms with van der Waals surface area (Å²) in [5, 5.41) is 6.16. The monoisotopic (exact) mass is 255 g/mol. The Morgan fingerprint density at radius 1 is 1.47 bits per heavy atom. The molecule has 17 heavy (non-hydrogen) atoms. The summed E-state index contributed by atoms with van der Waals surface area (Å²) < 4.78 is 27.1. The highest BCUT2D eigenvalue weighted by molar-refractivity contribution is 7.89. The first-order valence-electron chi connectivity index (χ1n) is 4.93. The first kappa shape index (κ1) is 11.8. The molecule has 7 nitrogen and oxygen atoms in total. The van der Waals surface area contributed by atoms with Crippen LogP contribution in [0.5, 0.6) is 0 Å². The lowest BCUT2D eigenvalue weighted by atomic mass is 10.6. The summed E-state index contributed by atoms with van der Waals surface area (Å²) in [5.74, 6) is 0.676. The molecule has 0 aromatic carbocycles. The summed E-state index contributed by atoms with van der Waals surface area (Å²) in [6, 6.07) is 1.42. The molecule has 1 N–H and O–H groups in total. The van der Waals surface area contributed by atoms with Crippen LogP contribution in [0.4, 0.5) is 0 Å². The zero-order valence-corrected chi connectivity index (χ0v) is 10.3. The van der Waals surface area contributed by atoms with Crippen LogP contribution in [-0.4, -0.2) is 39.5 Å². The van der Waals surface area contributed by atoms with E-state index in [1.807, 2.05) is 7.05 Å². The van der Waals surface area contributed by atoms with Crippen molar-refractivity contribution in [3.8, 4) is 0 Å². The maximum absolute atomic E-state index is 12.0. The fourth-order valence-electron chi connectivity index (χ4n) is 1.39. The highest BCUT2D eigenvalue weighted by Crippen LogP contribution is 2.12. The van der Waals surface area contributed by atoms with Gasteiger partial charge in [0, 0.05) is 26.5 Å². The van der Waals surface area contributed by atoms with Crippen molar-refractivity contribution in [2.75, 3.05) is 7.05 Å². The van der Waals surface area contributed by atoms with E-state index in [0.717, 1.165) is 0 Å². The van der Waals surface area contributed by atoms with Gasteiger partial charge in [-0.3, -0.25) is 5.10 Å². The van der Waals surface area contributed by atoms with E-state index >= 15 is 0 Å². The topological polar surface area (TPSA) is 83.9 Å². The van der Waals surface area contributed by atoms with Crippen molar-refractivity contribution in [3.05, 3.63) is 30.5 Å². The Morgan fingerprint density at radius 2 is 2.24 bits per heavy atom. The second-order valence-corrected chi connectivity index (χ2v) is 5.65. The van der Waals surface area contributed by atoms with E-state index in [9.17, 15) is 8.42 Å². The number of H-pyrrole nitrogens is 1. The lowest BCUT2D eigenvalue weighted by Gasteiger charge is -2.15. The van der Waals surface area contributed by atoms with Crippen molar-refractivity contribution in [3.63, 3.8) is 0 Å². The van der Waals surface area contributed by atoms with Crippen molar-refractivity contribution in [1.82, 2.24) is 24.1 Å². The van der Waals surface area contributed by atoms with Gasteiger partial charge in [0.25, 0.3) is 10.0 Å². The molecule has 0 unspecified atom stereocenters. The van der Waals surface area contributed by atoms with Crippen LogP contribution in [0.3, 0.4) is 0 Å². The number of hydrogen-bond donors (Lipinski definition) is 1. The predicted octanol–water partition coefficient (Wildman–Crippen LogP) is -0.0361. The van der Waals surface area contributed by atoms with Gasteiger partial charge in [-0.15, -0.1) is 0 Å². The molecule has 0 saturated heterocycles. The van der Waals surface area contributed by atoms with Crippen LogP contribution in [0.2, 0.25) is 0 Å². The molecule has 2 aromatic rings. The molecule has 0 fully saturated rings. The third-order valence-electron chi connectivity index (χ3n) is 2.45.